The lowest BCUT2D eigenvalue weighted by Gasteiger charge is -2.43. The number of likely N-dealkylation sites (N-methyl/N-ethyl adjacent to an activating group) is 1. The lowest BCUT2D eigenvalue weighted by atomic mass is 10.1. The molecule has 0 saturated carbocycles. The van der Waals surface area contributed by atoms with Crippen molar-refractivity contribution in [1.82, 2.24) is 9.80 Å². The van der Waals surface area contributed by atoms with Crippen LogP contribution in [0.15, 0.2) is 72.8 Å². The van der Waals surface area contributed by atoms with Crippen LogP contribution in [0.1, 0.15) is 75.2 Å². The quantitative estimate of drug-likeness (QED) is 0.0872. The molecule has 0 spiro atoms. The summed E-state index contributed by atoms with van der Waals surface area (Å²) in [5.41, 5.74) is -1.88. The molecular weight excluding hydrogens is 628 g/mol. The third-order valence-electron chi connectivity index (χ3n) is 7.13. The molecule has 0 N–H and O–H groups in total. The highest BCUT2D eigenvalue weighted by molar-refractivity contribution is 6.99. The van der Waals surface area contributed by atoms with E-state index in [9.17, 15) is 19.2 Å². The fourth-order valence-corrected chi connectivity index (χ4v) is 9.65. The van der Waals surface area contributed by atoms with Gasteiger partial charge < -0.3 is 23.5 Å². The van der Waals surface area contributed by atoms with Crippen molar-refractivity contribution in [2.24, 2.45) is 0 Å². The van der Waals surface area contributed by atoms with Crippen molar-refractivity contribution < 1.29 is 37.8 Å². The highest BCUT2D eigenvalue weighted by Crippen LogP contribution is 2.36. The average molecular weight is 683 g/mol. The molecule has 0 heterocycles. The van der Waals surface area contributed by atoms with Crippen LogP contribution in [0.5, 0.6) is 0 Å². The molecule has 48 heavy (non-hydrogen) atoms. The van der Waals surface area contributed by atoms with E-state index in [2.05, 4.69) is 45.0 Å². The maximum Gasteiger partial charge on any atom is 0.420 e. The SMILES string of the molecule is CN(C)C(=O)/C=C/CCC(C(=O)OC(C)(C)C)N(C(=O)OCCO[Si](c1ccccc1)(c1ccccc1)C(C)(C)C)C(=O)OC(C)(C)C. The Balaban J connectivity index is 2.41. The van der Waals surface area contributed by atoms with E-state index < -0.39 is 43.7 Å². The summed E-state index contributed by atoms with van der Waals surface area (Å²) in [6.45, 7) is 16.3. The molecule has 11 heteroatoms. The third-order valence-corrected chi connectivity index (χ3v) is 12.2. The highest BCUT2D eigenvalue weighted by Gasteiger charge is 2.50. The van der Waals surface area contributed by atoms with Crippen LogP contribution in [0, 0.1) is 0 Å². The van der Waals surface area contributed by atoms with E-state index in [-0.39, 0.29) is 37.0 Å². The van der Waals surface area contributed by atoms with Gasteiger partial charge in [0.1, 0.15) is 23.9 Å². The predicted octanol–water partition coefficient (Wildman–Crippen LogP) is 6.07. The second-order valence-electron chi connectivity index (χ2n) is 14.7. The maximum atomic E-state index is 13.7. The molecule has 2 aromatic carbocycles. The number of esters is 1. The zero-order valence-corrected chi connectivity index (χ0v) is 31.5. The summed E-state index contributed by atoms with van der Waals surface area (Å²) in [5.74, 6) is -1.05. The number of nitrogens with zero attached hydrogens (tertiary/aromatic N) is 2. The first kappa shape index (κ1) is 40.2. The Bertz CT molecular complexity index is 1350. The van der Waals surface area contributed by atoms with Crippen molar-refractivity contribution >= 4 is 42.8 Å². The van der Waals surface area contributed by atoms with Crippen LogP contribution >= 0.6 is 0 Å². The van der Waals surface area contributed by atoms with Crippen molar-refractivity contribution in [3.05, 3.63) is 72.8 Å². The minimum atomic E-state index is -2.92. The van der Waals surface area contributed by atoms with Gasteiger partial charge in [-0.2, -0.15) is 4.90 Å². The molecule has 0 saturated heterocycles. The van der Waals surface area contributed by atoms with Crippen LogP contribution < -0.4 is 10.4 Å². The van der Waals surface area contributed by atoms with Crippen LogP contribution in [0.4, 0.5) is 9.59 Å². The first-order chi connectivity index (χ1) is 22.2. The first-order valence-corrected chi connectivity index (χ1v) is 18.1. The molecule has 2 aromatic rings. The molecule has 2 rings (SSSR count). The number of carbonyl (C=O) groups excluding carboxylic acids is 4. The second-order valence-corrected chi connectivity index (χ2v) is 19.0. The highest BCUT2D eigenvalue weighted by atomic mass is 28.4. The number of carbonyl (C=O) groups is 4. The van der Waals surface area contributed by atoms with Gasteiger partial charge in [-0.15, -0.1) is 0 Å². The fraction of sp³-hybridized carbons (Fsp3) is 0.514. The van der Waals surface area contributed by atoms with E-state index in [4.69, 9.17) is 18.6 Å². The van der Waals surface area contributed by atoms with E-state index in [0.717, 1.165) is 10.4 Å². The van der Waals surface area contributed by atoms with Gasteiger partial charge in [-0.3, -0.25) is 4.79 Å². The Hall–Kier alpha value is -3.96. The molecular formula is C37H54N2O8Si. The van der Waals surface area contributed by atoms with Gasteiger partial charge in [0.2, 0.25) is 5.91 Å². The average Bonchev–Trinajstić information content (AvgIpc) is 2.96. The van der Waals surface area contributed by atoms with Gasteiger partial charge >= 0.3 is 18.2 Å². The topological polar surface area (TPSA) is 112 Å². The number of amides is 3. The van der Waals surface area contributed by atoms with Gasteiger partial charge in [-0.25, -0.2) is 14.4 Å². The Kier molecular flexibility index (Phi) is 14.2. The van der Waals surface area contributed by atoms with Crippen LogP contribution in [-0.2, 0) is 28.2 Å². The minimum Gasteiger partial charge on any atom is -0.458 e. The fourth-order valence-electron chi connectivity index (χ4n) is 5.10. The molecule has 0 aliphatic carbocycles. The van der Waals surface area contributed by atoms with Gasteiger partial charge in [-0.1, -0.05) is 87.5 Å². The Morgan fingerprint density at radius 3 is 1.67 bits per heavy atom. The number of ether oxygens (including phenoxy) is 3. The van der Waals surface area contributed by atoms with Gasteiger partial charge in [0.05, 0.1) is 6.61 Å². The third kappa shape index (κ3) is 11.6. The van der Waals surface area contributed by atoms with Crippen LogP contribution in [-0.4, -0.2) is 86.7 Å². The minimum absolute atomic E-state index is 0.0287. The molecule has 0 bridgehead atoms. The Morgan fingerprint density at radius 2 is 1.23 bits per heavy atom. The van der Waals surface area contributed by atoms with Gasteiger partial charge in [0.15, 0.2) is 0 Å². The number of rotatable bonds is 12. The second kappa shape index (κ2) is 16.9. The standard InChI is InChI=1S/C37H54N2O8Si/c1-35(2,3)46-32(41)30(24-18-19-25-31(40)38(10)11)39(34(43)47-36(4,5)6)33(42)44-26-27-45-48(37(7,8)9,28-20-14-12-15-21-28)29-22-16-13-17-23-29/h12-17,19-23,25,30H,18,24,26-27H2,1-11H3/b25-19+. The summed E-state index contributed by atoms with van der Waals surface area (Å²) in [6, 6.07) is 18.7. The molecule has 0 aromatic heterocycles. The number of benzene rings is 2. The lowest BCUT2D eigenvalue weighted by Crippen LogP contribution is -2.66. The zero-order chi connectivity index (χ0) is 36.3. The Labute approximate surface area is 287 Å². The van der Waals surface area contributed by atoms with Crippen molar-refractivity contribution in [3.8, 4) is 0 Å². The summed E-state index contributed by atoms with van der Waals surface area (Å²) in [7, 11) is 0.321. The summed E-state index contributed by atoms with van der Waals surface area (Å²) in [4.78, 5) is 54.9. The van der Waals surface area contributed by atoms with Crippen molar-refractivity contribution in [1.29, 1.82) is 0 Å². The molecule has 10 nitrogen and oxygen atoms in total. The monoisotopic (exact) mass is 682 g/mol. The van der Waals surface area contributed by atoms with Crippen LogP contribution in [0.2, 0.25) is 5.04 Å². The molecule has 0 radical (unpaired) electrons. The summed E-state index contributed by atoms with van der Waals surface area (Å²) in [5, 5.41) is 1.83. The van der Waals surface area contributed by atoms with Crippen LogP contribution in [0.25, 0.3) is 0 Å². The Morgan fingerprint density at radius 1 is 0.729 bits per heavy atom. The van der Waals surface area contributed by atoms with Gasteiger partial charge in [0.25, 0.3) is 8.32 Å². The lowest BCUT2D eigenvalue weighted by molar-refractivity contribution is -0.161. The number of allylic oxidation sites excluding steroid dienone is 1. The predicted molar refractivity (Wildman–Crippen MR) is 190 cm³/mol. The normalized spacial score (nSPS) is 13.1. The number of imide groups is 1. The van der Waals surface area contributed by atoms with E-state index >= 15 is 0 Å². The summed E-state index contributed by atoms with van der Waals surface area (Å²) >= 11 is 0. The summed E-state index contributed by atoms with van der Waals surface area (Å²) in [6.07, 6.45) is 0.983. The largest absolute Gasteiger partial charge is 0.458 e. The summed E-state index contributed by atoms with van der Waals surface area (Å²) < 4.78 is 23.6. The van der Waals surface area contributed by atoms with Gasteiger partial charge in [0, 0.05) is 14.1 Å². The van der Waals surface area contributed by atoms with Crippen molar-refractivity contribution in [3.63, 3.8) is 0 Å². The number of hydrogen-bond acceptors (Lipinski definition) is 8. The molecule has 0 fully saturated rings. The van der Waals surface area contributed by atoms with E-state index in [1.54, 1.807) is 61.7 Å². The molecule has 0 aliphatic heterocycles. The smallest absolute Gasteiger partial charge is 0.420 e. The molecule has 0 aliphatic rings. The van der Waals surface area contributed by atoms with E-state index in [0.29, 0.717) is 4.90 Å². The molecule has 1 atom stereocenters. The van der Waals surface area contributed by atoms with Crippen LogP contribution in [0.3, 0.4) is 0 Å². The number of hydrogen-bond donors (Lipinski definition) is 0. The maximum absolute atomic E-state index is 13.7. The first-order valence-electron chi connectivity index (χ1n) is 16.2. The van der Waals surface area contributed by atoms with Gasteiger partial charge in [-0.05, 0) is 75.9 Å². The van der Waals surface area contributed by atoms with Crippen molar-refractivity contribution in [2.45, 2.75) is 97.4 Å². The zero-order valence-electron chi connectivity index (χ0n) is 30.5. The van der Waals surface area contributed by atoms with Crippen molar-refractivity contribution in [2.75, 3.05) is 27.3 Å². The van der Waals surface area contributed by atoms with E-state index in [1.807, 2.05) is 36.4 Å². The molecule has 3 amide bonds. The molecule has 1 unspecified atom stereocenters. The van der Waals surface area contributed by atoms with E-state index in [1.165, 1.54) is 11.0 Å². The molecule has 264 valence electrons.